The quantitative estimate of drug-likeness (QED) is 0.776. The minimum absolute atomic E-state index is 0.128. The van der Waals surface area contributed by atoms with Gasteiger partial charge in [0.05, 0.1) is 0 Å². The second-order valence-corrected chi connectivity index (χ2v) is 10.1. The van der Waals surface area contributed by atoms with Crippen LogP contribution in [-0.2, 0) is 0 Å². The summed E-state index contributed by atoms with van der Waals surface area (Å²) in [5.41, 5.74) is 2.41. The molecule has 0 aromatic heterocycles. The van der Waals surface area contributed by atoms with Crippen molar-refractivity contribution in [3.8, 4) is 5.75 Å². The Balaban J connectivity index is 3.16. The van der Waals surface area contributed by atoms with Crippen LogP contribution in [0.4, 0.5) is 5.69 Å². The van der Waals surface area contributed by atoms with Gasteiger partial charge in [-0.05, 0) is 52.1 Å². The molecular formula is C16H28N2OS. The van der Waals surface area contributed by atoms with E-state index in [0.717, 1.165) is 22.8 Å². The third-order valence-electron chi connectivity index (χ3n) is 3.79. The summed E-state index contributed by atoms with van der Waals surface area (Å²) in [6, 6.07) is 5.95. The van der Waals surface area contributed by atoms with E-state index in [4.69, 9.17) is 9.59 Å². The fraction of sp³-hybridized carbons (Fsp3) is 0.562. The molecule has 114 valence electrons. The van der Waals surface area contributed by atoms with E-state index in [2.05, 4.69) is 39.3 Å². The zero-order valence-electron chi connectivity index (χ0n) is 13.8. The van der Waals surface area contributed by atoms with Crippen LogP contribution in [0.5, 0.6) is 5.75 Å². The van der Waals surface area contributed by atoms with Crippen LogP contribution in [0.3, 0.4) is 0 Å². The van der Waals surface area contributed by atoms with Crippen molar-refractivity contribution in [3.63, 3.8) is 0 Å². The fourth-order valence-corrected chi connectivity index (χ4v) is 3.70. The number of anilines is 1. The second kappa shape index (κ2) is 6.08. The Morgan fingerprint density at radius 3 is 2.35 bits per heavy atom. The van der Waals surface area contributed by atoms with Crippen LogP contribution in [0.2, 0.25) is 0 Å². The maximum Gasteiger partial charge on any atom is 0.135 e. The minimum atomic E-state index is -1.20. The maximum absolute atomic E-state index is 7.89. The Bertz CT molecular complexity index is 494. The van der Waals surface area contributed by atoms with Gasteiger partial charge in [-0.25, -0.2) is 0 Å². The van der Waals surface area contributed by atoms with Crippen LogP contribution < -0.4 is 9.50 Å². The van der Waals surface area contributed by atoms with E-state index in [1.54, 1.807) is 6.92 Å². The number of rotatable bonds is 5. The van der Waals surface area contributed by atoms with Crippen LogP contribution in [-0.4, -0.2) is 29.5 Å². The van der Waals surface area contributed by atoms with Crippen molar-refractivity contribution < 1.29 is 4.18 Å². The van der Waals surface area contributed by atoms with Crippen LogP contribution in [0.25, 0.3) is 0 Å². The Hall–Kier alpha value is -1.16. The largest absolute Gasteiger partial charge is 0.449 e. The summed E-state index contributed by atoms with van der Waals surface area (Å²) in [6.45, 7) is 10.7. The molecule has 1 atom stereocenters. The summed E-state index contributed by atoms with van der Waals surface area (Å²) in [5.74, 6) is 1.88. The lowest BCUT2D eigenvalue weighted by molar-refractivity contribution is 0.581. The highest BCUT2D eigenvalue weighted by molar-refractivity contribution is 8.30. The van der Waals surface area contributed by atoms with Gasteiger partial charge < -0.3 is 14.9 Å². The molecule has 2 N–H and O–H groups in total. The Labute approximate surface area is 125 Å². The van der Waals surface area contributed by atoms with Crippen molar-refractivity contribution >= 4 is 21.7 Å². The molecule has 1 aromatic carbocycles. The number of hydrogen-bond acceptors (Lipinski definition) is 3. The molecule has 1 aromatic rings. The van der Waals surface area contributed by atoms with E-state index in [0.29, 0.717) is 5.71 Å². The van der Waals surface area contributed by atoms with Crippen molar-refractivity contribution in [3.05, 3.63) is 23.8 Å². The van der Waals surface area contributed by atoms with Gasteiger partial charge in [0.15, 0.2) is 0 Å². The molecule has 0 aliphatic rings. The predicted octanol–water partition coefficient (Wildman–Crippen LogP) is 4.66. The van der Waals surface area contributed by atoms with Crippen LogP contribution in [0, 0.1) is 5.41 Å². The second-order valence-electron chi connectivity index (χ2n) is 6.07. The van der Waals surface area contributed by atoms with Crippen LogP contribution in [0.15, 0.2) is 18.2 Å². The lowest BCUT2D eigenvalue weighted by Gasteiger charge is -2.46. The molecule has 3 nitrogen and oxygen atoms in total. The van der Waals surface area contributed by atoms with Gasteiger partial charge in [0.25, 0.3) is 0 Å². The van der Waals surface area contributed by atoms with Crippen molar-refractivity contribution in [2.24, 2.45) is 0 Å². The predicted molar refractivity (Wildman–Crippen MR) is 92.9 cm³/mol. The fourth-order valence-electron chi connectivity index (χ4n) is 1.93. The third kappa shape index (κ3) is 3.48. The van der Waals surface area contributed by atoms with Gasteiger partial charge in [-0.15, -0.1) is 0 Å². The standard InChI is InChI=1S/C16H28N2OS/c1-8-20(7,16(3,4)5)19-13-9-10-15(18-6)14(11-13)12(2)17/h9-11,17-18H,8H2,1-7H3. The van der Waals surface area contributed by atoms with E-state index in [-0.39, 0.29) is 4.75 Å². The molecule has 0 bridgehead atoms. The first-order valence-corrected chi connectivity index (χ1v) is 9.10. The van der Waals surface area contributed by atoms with Crippen LogP contribution in [0.1, 0.15) is 40.2 Å². The highest BCUT2D eigenvalue weighted by Crippen LogP contribution is 2.56. The zero-order valence-corrected chi connectivity index (χ0v) is 14.6. The SMILES string of the molecule is CCS(C)(Oc1ccc(NC)c(C(C)=N)c1)C(C)(C)C. The number of hydrogen-bond donors (Lipinski definition) is 2. The first-order chi connectivity index (χ1) is 9.14. The molecule has 0 saturated carbocycles. The van der Waals surface area contributed by atoms with Gasteiger partial charge in [-0.2, -0.15) is 0 Å². The highest BCUT2D eigenvalue weighted by Gasteiger charge is 2.33. The van der Waals surface area contributed by atoms with Crippen molar-refractivity contribution in [2.45, 2.75) is 39.4 Å². The normalized spacial score (nSPS) is 16.1. The van der Waals surface area contributed by atoms with E-state index in [1.807, 2.05) is 25.2 Å². The summed E-state index contributed by atoms with van der Waals surface area (Å²) in [5, 5.41) is 11.0. The third-order valence-corrected chi connectivity index (χ3v) is 8.04. The molecule has 0 aliphatic carbocycles. The van der Waals surface area contributed by atoms with E-state index >= 15 is 0 Å². The van der Waals surface area contributed by atoms with Crippen LogP contribution >= 0.6 is 10.3 Å². The number of benzene rings is 1. The lowest BCUT2D eigenvalue weighted by atomic mass is 10.1. The molecule has 0 fully saturated rings. The van der Waals surface area contributed by atoms with E-state index in [1.165, 1.54) is 0 Å². The molecule has 4 heteroatoms. The smallest absolute Gasteiger partial charge is 0.135 e. The van der Waals surface area contributed by atoms with E-state index < -0.39 is 10.3 Å². The summed E-state index contributed by atoms with van der Waals surface area (Å²) < 4.78 is 6.49. The molecule has 0 heterocycles. The molecule has 0 spiro atoms. The molecular weight excluding hydrogens is 268 g/mol. The molecule has 0 saturated heterocycles. The average Bonchev–Trinajstić information content (AvgIpc) is 2.37. The molecule has 0 radical (unpaired) electrons. The van der Waals surface area contributed by atoms with E-state index in [9.17, 15) is 0 Å². The molecule has 20 heavy (non-hydrogen) atoms. The maximum atomic E-state index is 7.89. The first-order valence-electron chi connectivity index (χ1n) is 6.97. The average molecular weight is 296 g/mol. The zero-order chi connectivity index (χ0) is 15.6. The van der Waals surface area contributed by atoms with Crippen molar-refractivity contribution in [1.29, 1.82) is 5.41 Å². The van der Waals surface area contributed by atoms with Gasteiger partial charge in [0.1, 0.15) is 5.75 Å². The van der Waals surface area contributed by atoms with Gasteiger partial charge >= 0.3 is 0 Å². The number of nitrogens with one attached hydrogen (secondary N) is 2. The molecule has 1 unspecified atom stereocenters. The summed E-state index contributed by atoms with van der Waals surface area (Å²) in [7, 11) is 0.675. The topological polar surface area (TPSA) is 45.1 Å². The highest BCUT2D eigenvalue weighted by atomic mass is 32.3. The van der Waals surface area contributed by atoms with Gasteiger partial charge in [-0.3, -0.25) is 0 Å². The Morgan fingerprint density at radius 2 is 1.95 bits per heavy atom. The summed E-state index contributed by atoms with van der Waals surface area (Å²) in [6.07, 6.45) is 2.23. The molecule has 0 amide bonds. The summed E-state index contributed by atoms with van der Waals surface area (Å²) >= 11 is 0. The minimum Gasteiger partial charge on any atom is -0.449 e. The van der Waals surface area contributed by atoms with Gasteiger partial charge in [0, 0.05) is 34.5 Å². The Morgan fingerprint density at radius 1 is 1.35 bits per heavy atom. The van der Waals surface area contributed by atoms with Crippen molar-refractivity contribution in [2.75, 3.05) is 24.4 Å². The van der Waals surface area contributed by atoms with Gasteiger partial charge in [-0.1, -0.05) is 17.2 Å². The molecule has 1 rings (SSSR count). The summed E-state index contributed by atoms with van der Waals surface area (Å²) in [4.78, 5) is 0. The molecule has 0 aliphatic heterocycles. The monoisotopic (exact) mass is 296 g/mol. The van der Waals surface area contributed by atoms with Crippen molar-refractivity contribution in [1.82, 2.24) is 0 Å². The first kappa shape index (κ1) is 16.9. The van der Waals surface area contributed by atoms with Gasteiger partial charge in [0.2, 0.25) is 0 Å². The lowest BCUT2D eigenvalue weighted by Crippen LogP contribution is -2.29. The Kier molecular flexibility index (Phi) is 5.14.